The van der Waals surface area contributed by atoms with Crippen LogP contribution in [0.1, 0.15) is 0 Å². The average Bonchev–Trinajstić information content (AvgIpc) is 2.99. The lowest BCUT2D eigenvalue weighted by Gasteiger charge is -2.09. The van der Waals surface area contributed by atoms with Crippen molar-refractivity contribution in [3.63, 3.8) is 0 Å². The molecule has 6 nitrogen and oxygen atoms in total. The molecule has 2 aromatic heterocycles. The molecule has 0 fully saturated rings. The normalized spacial score (nSPS) is 12.2. The van der Waals surface area contributed by atoms with Gasteiger partial charge < -0.3 is 0 Å². The van der Waals surface area contributed by atoms with E-state index in [0.717, 1.165) is 21.9 Å². The van der Waals surface area contributed by atoms with E-state index in [4.69, 9.17) is 0 Å². The van der Waals surface area contributed by atoms with Crippen LogP contribution in [0.2, 0.25) is 0 Å². The van der Waals surface area contributed by atoms with E-state index in [9.17, 15) is 21.8 Å². The van der Waals surface area contributed by atoms with Crippen LogP contribution in [0.15, 0.2) is 42.6 Å². The summed E-state index contributed by atoms with van der Waals surface area (Å²) in [6, 6.07) is 8.56. The number of halogens is 3. The van der Waals surface area contributed by atoms with Gasteiger partial charge in [-0.15, -0.1) is 4.09 Å². The van der Waals surface area contributed by atoms with Crippen LogP contribution >= 0.6 is 22.6 Å². The maximum atomic E-state index is 14.3. The summed E-state index contributed by atoms with van der Waals surface area (Å²) in [5.41, 5.74) is -0.0268. The van der Waals surface area contributed by atoms with E-state index in [2.05, 4.69) is 10.1 Å². The summed E-state index contributed by atoms with van der Waals surface area (Å²) in [7, 11) is -4.62. The lowest BCUT2D eigenvalue weighted by molar-refractivity contribution is 0.466. The summed E-state index contributed by atoms with van der Waals surface area (Å²) in [4.78, 5) is 4.23. The number of benzene rings is 2. The van der Waals surface area contributed by atoms with Gasteiger partial charge in [0.1, 0.15) is 22.7 Å². The molecule has 0 spiro atoms. The highest BCUT2D eigenvalue weighted by molar-refractivity contribution is 14.1. The van der Waals surface area contributed by atoms with Crippen LogP contribution in [0.4, 0.5) is 8.78 Å². The monoisotopic (exact) mass is 487 g/mol. The second-order valence-electron chi connectivity index (χ2n) is 5.46. The summed E-state index contributed by atoms with van der Waals surface area (Å²) in [5, 5.41) is 4.71. The average molecular weight is 487 g/mol. The van der Waals surface area contributed by atoms with Crippen LogP contribution in [0.5, 0.6) is 0 Å². The van der Waals surface area contributed by atoms with Crippen molar-refractivity contribution in [2.75, 3.05) is 0 Å². The van der Waals surface area contributed by atoms with Crippen LogP contribution in [-0.2, 0) is 10.3 Å². The van der Waals surface area contributed by atoms with Gasteiger partial charge in [-0.3, -0.25) is 4.55 Å². The number of pyridine rings is 1. The highest BCUT2D eigenvalue weighted by Gasteiger charge is 2.21. The highest BCUT2D eigenvalue weighted by Crippen LogP contribution is 2.35. The standard InChI is InChI=1S/C16H8F2IN3O3S/c17-11-2-1-3-12(18)14(11)16-10-6-8(19)4-5-9(10)15-13(20-16)7-22(21-15)26(23,24)25/h1-7H,(H,23,24,25). The molecule has 2 aromatic carbocycles. The van der Waals surface area contributed by atoms with Gasteiger partial charge in [-0.05, 0) is 46.9 Å². The maximum Gasteiger partial charge on any atom is 0.379 e. The van der Waals surface area contributed by atoms with Gasteiger partial charge in [0.15, 0.2) is 0 Å². The van der Waals surface area contributed by atoms with Crippen molar-refractivity contribution in [2.45, 2.75) is 0 Å². The summed E-state index contributed by atoms with van der Waals surface area (Å²) < 4.78 is 61.7. The molecule has 0 radical (unpaired) electrons. The quantitative estimate of drug-likeness (QED) is 0.344. The van der Waals surface area contributed by atoms with Crippen molar-refractivity contribution < 1.29 is 21.8 Å². The first-order valence-electron chi connectivity index (χ1n) is 7.17. The highest BCUT2D eigenvalue weighted by atomic mass is 127. The minimum absolute atomic E-state index is 0.0245. The number of rotatable bonds is 2. The molecule has 0 aliphatic rings. The Bertz CT molecular complexity index is 1290. The smallest absolute Gasteiger partial charge is 0.268 e. The lowest BCUT2D eigenvalue weighted by Crippen LogP contribution is -2.10. The van der Waals surface area contributed by atoms with Crippen LogP contribution < -0.4 is 0 Å². The van der Waals surface area contributed by atoms with Crippen molar-refractivity contribution in [3.8, 4) is 11.3 Å². The zero-order valence-electron chi connectivity index (χ0n) is 12.7. The molecule has 4 aromatic rings. The molecule has 0 amide bonds. The Balaban J connectivity index is 2.20. The zero-order valence-corrected chi connectivity index (χ0v) is 15.7. The van der Waals surface area contributed by atoms with Gasteiger partial charge in [0.25, 0.3) is 0 Å². The lowest BCUT2D eigenvalue weighted by atomic mass is 10.0. The van der Waals surface area contributed by atoms with E-state index in [0.29, 0.717) is 14.9 Å². The first-order chi connectivity index (χ1) is 12.3. The van der Waals surface area contributed by atoms with Crippen molar-refractivity contribution in [1.29, 1.82) is 0 Å². The molecule has 0 aliphatic heterocycles. The van der Waals surface area contributed by atoms with E-state index in [1.165, 1.54) is 6.07 Å². The molecule has 10 heteroatoms. The number of hydrogen-bond acceptors (Lipinski definition) is 4. The van der Waals surface area contributed by atoms with E-state index in [1.54, 1.807) is 18.2 Å². The van der Waals surface area contributed by atoms with Crippen molar-refractivity contribution >= 4 is 54.7 Å². The Labute approximate surface area is 159 Å². The molecule has 0 atom stereocenters. The van der Waals surface area contributed by atoms with E-state index < -0.39 is 21.9 Å². The van der Waals surface area contributed by atoms with Gasteiger partial charge in [0, 0.05) is 14.3 Å². The molecule has 0 saturated carbocycles. The summed E-state index contributed by atoms with van der Waals surface area (Å²) in [6.45, 7) is 0. The van der Waals surface area contributed by atoms with E-state index in [-0.39, 0.29) is 22.3 Å². The van der Waals surface area contributed by atoms with Crippen molar-refractivity contribution in [2.24, 2.45) is 0 Å². The van der Waals surface area contributed by atoms with E-state index in [1.807, 2.05) is 22.6 Å². The van der Waals surface area contributed by atoms with Gasteiger partial charge in [0.05, 0.1) is 17.5 Å². The van der Waals surface area contributed by atoms with Crippen LogP contribution in [-0.4, -0.2) is 27.1 Å². The van der Waals surface area contributed by atoms with Gasteiger partial charge in [0.2, 0.25) is 0 Å². The van der Waals surface area contributed by atoms with Crippen LogP contribution in [0.3, 0.4) is 0 Å². The topological polar surface area (TPSA) is 85.1 Å². The van der Waals surface area contributed by atoms with Gasteiger partial charge in [-0.2, -0.15) is 13.5 Å². The number of aromatic nitrogens is 3. The second kappa shape index (κ2) is 5.93. The van der Waals surface area contributed by atoms with Crippen molar-refractivity contribution in [3.05, 3.63) is 57.8 Å². The minimum Gasteiger partial charge on any atom is -0.268 e. The minimum atomic E-state index is -4.62. The van der Waals surface area contributed by atoms with Crippen LogP contribution in [0.25, 0.3) is 33.1 Å². The Morgan fingerprint density at radius 3 is 2.42 bits per heavy atom. The Morgan fingerprint density at radius 1 is 1.08 bits per heavy atom. The fourth-order valence-electron chi connectivity index (χ4n) is 2.75. The fourth-order valence-corrected chi connectivity index (χ4v) is 3.66. The fraction of sp³-hybridized carbons (Fsp3) is 0. The molecule has 26 heavy (non-hydrogen) atoms. The SMILES string of the molecule is O=S(=O)(O)n1cc2nc(-c3c(F)cccc3F)c3cc(I)ccc3c2n1. The number of nitrogens with zero attached hydrogens (tertiary/aromatic N) is 3. The molecule has 0 saturated heterocycles. The molecule has 0 unspecified atom stereocenters. The molecular weight excluding hydrogens is 479 g/mol. The van der Waals surface area contributed by atoms with Crippen LogP contribution in [0, 0.1) is 15.2 Å². The summed E-state index contributed by atoms with van der Waals surface area (Å²) >= 11 is 2.05. The third kappa shape index (κ3) is 2.73. The first kappa shape index (κ1) is 17.2. The van der Waals surface area contributed by atoms with Crippen molar-refractivity contribution in [1.82, 2.24) is 14.2 Å². The molecule has 2 heterocycles. The third-order valence-corrected chi connectivity index (χ3v) is 5.16. The third-order valence-electron chi connectivity index (χ3n) is 3.83. The number of hydrogen-bond donors (Lipinski definition) is 1. The van der Waals surface area contributed by atoms with Gasteiger partial charge >= 0.3 is 10.3 Å². The van der Waals surface area contributed by atoms with E-state index >= 15 is 0 Å². The van der Waals surface area contributed by atoms with Gasteiger partial charge in [-0.1, -0.05) is 12.1 Å². The second-order valence-corrected chi connectivity index (χ2v) is 7.98. The van der Waals surface area contributed by atoms with Gasteiger partial charge in [-0.25, -0.2) is 13.8 Å². The first-order valence-corrected chi connectivity index (χ1v) is 9.64. The zero-order chi connectivity index (χ0) is 18.6. The predicted molar refractivity (Wildman–Crippen MR) is 100 cm³/mol. The number of fused-ring (bicyclic) bond motifs is 3. The predicted octanol–water partition coefficient (Wildman–Crippen LogP) is 3.79. The molecular formula is C16H8F2IN3O3S. The molecule has 0 bridgehead atoms. The Hall–Kier alpha value is -2.18. The summed E-state index contributed by atoms with van der Waals surface area (Å²) in [6.07, 6.45) is 0.990. The molecule has 132 valence electrons. The maximum absolute atomic E-state index is 14.3. The Morgan fingerprint density at radius 2 is 1.77 bits per heavy atom. The molecule has 1 N–H and O–H groups in total. The molecule has 4 rings (SSSR count). The molecule has 0 aliphatic carbocycles. The summed E-state index contributed by atoms with van der Waals surface area (Å²) in [5.74, 6) is -1.58. The Kier molecular flexibility index (Phi) is 3.93. The largest absolute Gasteiger partial charge is 0.379 e.